The minimum Gasteiger partial charge on any atom is -0.474 e. The summed E-state index contributed by atoms with van der Waals surface area (Å²) in [6.07, 6.45) is 0.236. The molecule has 0 N–H and O–H groups in total. The molecule has 0 amide bonds. The fourth-order valence-electron chi connectivity index (χ4n) is 0.953. The van der Waals surface area contributed by atoms with Gasteiger partial charge in [-0.1, -0.05) is 0 Å². The molecular weight excluding hydrogens is 216 g/mol. The van der Waals surface area contributed by atoms with Gasteiger partial charge >= 0.3 is 9.28 Å². The summed E-state index contributed by atoms with van der Waals surface area (Å²) < 4.78 is 21.0. The van der Waals surface area contributed by atoms with Crippen LogP contribution in [0.1, 0.15) is 13.8 Å². The van der Waals surface area contributed by atoms with E-state index in [2.05, 4.69) is 0 Å². The monoisotopic (exact) mass is 236 g/mol. The lowest BCUT2D eigenvalue weighted by Gasteiger charge is -2.15. The van der Waals surface area contributed by atoms with Gasteiger partial charge in [0.2, 0.25) is 5.54 Å². The number of rotatable bonds is 7. The van der Waals surface area contributed by atoms with Gasteiger partial charge in [0.15, 0.2) is 0 Å². The van der Waals surface area contributed by atoms with Gasteiger partial charge in [0, 0.05) is 18.9 Å². The Balaban J connectivity index is 3.98. The fourth-order valence-corrected chi connectivity index (χ4v) is 4.76. The third-order valence-electron chi connectivity index (χ3n) is 1.57. The molecular formula is C8H20O4Si2. The van der Waals surface area contributed by atoms with Crippen LogP contribution in [-0.4, -0.2) is 51.4 Å². The first kappa shape index (κ1) is 13.8. The molecule has 0 spiro atoms. The highest BCUT2D eigenvalue weighted by Gasteiger charge is 2.12. The second-order valence-electron chi connectivity index (χ2n) is 3.02. The summed E-state index contributed by atoms with van der Waals surface area (Å²) in [5.74, 6) is 0. The van der Waals surface area contributed by atoms with E-state index >= 15 is 0 Å². The van der Waals surface area contributed by atoms with Crippen LogP contribution >= 0.6 is 0 Å². The molecule has 0 aliphatic carbocycles. The first-order chi connectivity index (χ1) is 6.63. The molecule has 0 rings (SSSR count). The zero-order valence-electron chi connectivity index (χ0n) is 9.57. The molecule has 0 radical (unpaired) electrons. The Morgan fingerprint density at radius 3 is 2.14 bits per heavy atom. The Morgan fingerprint density at radius 2 is 1.79 bits per heavy atom. The van der Waals surface area contributed by atoms with Crippen molar-refractivity contribution in [3.8, 4) is 0 Å². The van der Waals surface area contributed by atoms with Crippen LogP contribution in [0.25, 0.3) is 0 Å². The summed E-state index contributed by atoms with van der Waals surface area (Å²) in [6, 6.07) is 0. The van der Waals surface area contributed by atoms with E-state index in [1.807, 2.05) is 13.8 Å². The Morgan fingerprint density at radius 1 is 1.21 bits per heavy atom. The van der Waals surface area contributed by atoms with E-state index < -0.39 is 9.28 Å². The molecule has 0 bridgehead atoms. The lowest BCUT2D eigenvalue weighted by Crippen LogP contribution is -2.27. The predicted octanol–water partition coefficient (Wildman–Crippen LogP) is 0.0525. The molecule has 4 nitrogen and oxygen atoms in total. The first-order valence-corrected chi connectivity index (χ1v) is 7.75. The molecule has 0 aromatic heterocycles. The van der Waals surface area contributed by atoms with Crippen LogP contribution in [0.15, 0.2) is 0 Å². The van der Waals surface area contributed by atoms with Gasteiger partial charge in [-0.15, -0.1) is 0 Å². The third-order valence-corrected chi connectivity index (χ3v) is 6.23. The van der Waals surface area contributed by atoms with Crippen molar-refractivity contribution in [2.24, 2.45) is 0 Å². The zero-order chi connectivity index (χ0) is 11.0. The van der Waals surface area contributed by atoms with Crippen LogP contribution in [0.4, 0.5) is 0 Å². The van der Waals surface area contributed by atoms with Crippen molar-refractivity contribution in [1.29, 1.82) is 0 Å². The van der Waals surface area contributed by atoms with Crippen LogP contribution in [0.2, 0.25) is 5.67 Å². The molecule has 1 unspecified atom stereocenters. The van der Waals surface area contributed by atoms with E-state index in [9.17, 15) is 0 Å². The van der Waals surface area contributed by atoms with Gasteiger partial charge in [-0.3, -0.25) is 0 Å². The van der Waals surface area contributed by atoms with Crippen LogP contribution < -0.4 is 0 Å². The Hall–Kier alpha value is -0.176. The van der Waals surface area contributed by atoms with Gasteiger partial charge < -0.3 is 18.3 Å². The molecule has 0 saturated carbocycles. The minimum absolute atomic E-state index is 0.000895. The number of hydrogen-bond acceptors (Lipinski definition) is 4. The highest BCUT2D eigenvalue weighted by atomic mass is 28.3. The van der Waals surface area contributed by atoms with Gasteiger partial charge in [-0.05, 0) is 13.8 Å². The minimum atomic E-state index is -1.50. The van der Waals surface area contributed by atoms with E-state index in [-0.39, 0.29) is 15.2 Å². The van der Waals surface area contributed by atoms with Crippen molar-refractivity contribution >= 4 is 24.0 Å². The SMILES string of the molecule is COC(OC)=[SiH]C[SiH](OC)OC(C)C. The molecule has 0 aromatic rings. The molecule has 0 heterocycles. The average Bonchev–Trinajstić information content (AvgIpc) is 2.17. The standard InChI is InChI=1S/C8H20O4Si2/c1-7(2)12-14(11-5)6-13-8(9-3)10-4/h7,13-14H,6H2,1-5H3. The summed E-state index contributed by atoms with van der Waals surface area (Å²) >= 11 is 0. The lowest BCUT2D eigenvalue weighted by molar-refractivity contribution is 0.182. The van der Waals surface area contributed by atoms with Crippen molar-refractivity contribution in [3.05, 3.63) is 0 Å². The maximum atomic E-state index is 5.65. The Labute approximate surface area is 89.8 Å². The summed E-state index contributed by atoms with van der Waals surface area (Å²) in [7, 11) is 3.46. The Bertz CT molecular complexity index is 167. The van der Waals surface area contributed by atoms with E-state index in [1.54, 1.807) is 21.3 Å². The number of methoxy groups -OCH3 is 2. The zero-order valence-corrected chi connectivity index (χ0v) is 11.9. The van der Waals surface area contributed by atoms with Gasteiger partial charge in [0.05, 0.1) is 14.2 Å². The molecule has 0 aromatic carbocycles. The van der Waals surface area contributed by atoms with E-state index in [1.165, 1.54) is 0 Å². The van der Waals surface area contributed by atoms with Crippen molar-refractivity contribution in [2.45, 2.75) is 25.6 Å². The smallest absolute Gasteiger partial charge is 0.321 e. The lowest BCUT2D eigenvalue weighted by atomic mass is 10.5. The topological polar surface area (TPSA) is 36.9 Å². The van der Waals surface area contributed by atoms with E-state index in [0.717, 1.165) is 5.67 Å². The normalized spacial score (nSPS) is 12.4. The highest BCUT2D eigenvalue weighted by molar-refractivity contribution is 6.65. The van der Waals surface area contributed by atoms with E-state index in [4.69, 9.17) is 18.3 Å². The molecule has 84 valence electrons. The summed E-state index contributed by atoms with van der Waals surface area (Å²) in [5.41, 5.74) is 1.66. The second kappa shape index (κ2) is 8.16. The van der Waals surface area contributed by atoms with Crippen LogP contribution in [-0.2, 0) is 18.3 Å². The molecule has 6 heteroatoms. The summed E-state index contributed by atoms with van der Waals surface area (Å²) in [6.45, 7) is 4.04. The average molecular weight is 236 g/mol. The predicted molar refractivity (Wildman–Crippen MR) is 61.4 cm³/mol. The van der Waals surface area contributed by atoms with Crippen molar-refractivity contribution in [3.63, 3.8) is 0 Å². The van der Waals surface area contributed by atoms with Crippen molar-refractivity contribution in [1.82, 2.24) is 0 Å². The fraction of sp³-hybridized carbons (Fsp3) is 0.875. The quantitative estimate of drug-likeness (QED) is 0.586. The molecule has 0 saturated heterocycles. The van der Waals surface area contributed by atoms with Crippen molar-refractivity contribution < 1.29 is 18.3 Å². The highest BCUT2D eigenvalue weighted by Crippen LogP contribution is 1.98. The van der Waals surface area contributed by atoms with E-state index in [0.29, 0.717) is 5.54 Å². The first-order valence-electron chi connectivity index (χ1n) is 4.60. The maximum Gasteiger partial charge on any atom is 0.321 e. The Kier molecular flexibility index (Phi) is 8.06. The molecule has 0 fully saturated rings. The van der Waals surface area contributed by atoms with Crippen LogP contribution in [0.5, 0.6) is 0 Å². The molecule has 0 aliphatic rings. The van der Waals surface area contributed by atoms with Gasteiger partial charge in [-0.25, -0.2) is 0 Å². The third kappa shape index (κ3) is 6.30. The number of hydrogen-bond donors (Lipinski definition) is 0. The molecule has 0 aliphatic heterocycles. The van der Waals surface area contributed by atoms with Gasteiger partial charge in [-0.2, -0.15) is 0 Å². The van der Waals surface area contributed by atoms with Crippen molar-refractivity contribution in [2.75, 3.05) is 21.3 Å². The summed E-state index contributed by atoms with van der Waals surface area (Å²) in [5, 5.41) is 0. The maximum absolute atomic E-state index is 5.65. The summed E-state index contributed by atoms with van der Waals surface area (Å²) in [4.78, 5) is 0. The molecule has 14 heavy (non-hydrogen) atoms. The number of ether oxygens (including phenoxy) is 2. The largest absolute Gasteiger partial charge is 0.474 e. The van der Waals surface area contributed by atoms with Gasteiger partial charge in [0.25, 0.3) is 0 Å². The van der Waals surface area contributed by atoms with Crippen LogP contribution in [0.3, 0.4) is 0 Å². The van der Waals surface area contributed by atoms with Gasteiger partial charge in [0.1, 0.15) is 9.13 Å². The van der Waals surface area contributed by atoms with Crippen LogP contribution in [0, 0.1) is 0 Å². The molecule has 1 atom stereocenters. The second-order valence-corrected chi connectivity index (χ2v) is 7.39.